The molecular formula is C14H18N2. The minimum absolute atomic E-state index is 0.186. The van der Waals surface area contributed by atoms with Gasteiger partial charge in [0.2, 0.25) is 0 Å². The van der Waals surface area contributed by atoms with Crippen molar-refractivity contribution in [1.29, 1.82) is 0 Å². The summed E-state index contributed by atoms with van der Waals surface area (Å²) < 4.78 is 0. The van der Waals surface area contributed by atoms with E-state index < -0.39 is 0 Å². The van der Waals surface area contributed by atoms with Crippen LogP contribution in [-0.2, 0) is 5.41 Å². The van der Waals surface area contributed by atoms with Gasteiger partial charge in [-0.3, -0.25) is 5.10 Å². The standard InChI is InChI=1S/C14H18N2/c1-10-8-13(16-15-10)11-6-5-7-12(9-11)14(2,3)4/h5-9H,1-4H3,(H,15,16). The summed E-state index contributed by atoms with van der Waals surface area (Å²) in [6, 6.07) is 10.7. The molecule has 2 rings (SSSR count). The summed E-state index contributed by atoms with van der Waals surface area (Å²) in [5.41, 5.74) is 4.84. The second kappa shape index (κ2) is 3.78. The van der Waals surface area contributed by atoms with Gasteiger partial charge >= 0.3 is 0 Å². The van der Waals surface area contributed by atoms with E-state index in [0.29, 0.717) is 0 Å². The maximum absolute atomic E-state index is 4.16. The zero-order valence-electron chi connectivity index (χ0n) is 10.3. The molecule has 1 heterocycles. The van der Waals surface area contributed by atoms with Gasteiger partial charge in [0.1, 0.15) is 0 Å². The quantitative estimate of drug-likeness (QED) is 0.770. The van der Waals surface area contributed by atoms with Gasteiger partial charge < -0.3 is 0 Å². The number of H-pyrrole nitrogens is 1. The average molecular weight is 214 g/mol. The van der Waals surface area contributed by atoms with Crippen molar-refractivity contribution in [2.75, 3.05) is 0 Å². The third kappa shape index (κ3) is 2.16. The van der Waals surface area contributed by atoms with E-state index in [-0.39, 0.29) is 5.41 Å². The lowest BCUT2D eigenvalue weighted by molar-refractivity contribution is 0.590. The van der Waals surface area contributed by atoms with Crippen molar-refractivity contribution in [3.05, 3.63) is 41.6 Å². The summed E-state index contributed by atoms with van der Waals surface area (Å²) in [6.45, 7) is 8.67. The van der Waals surface area contributed by atoms with Crippen LogP contribution >= 0.6 is 0 Å². The number of benzene rings is 1. The highest BCUT2D eigenvalue weighted by Gasteiger charge is 2.14. The van der Waals surface area contributed by atoms with Crippen molar-refractivity contribution in [2.24, 2.45) is 0 Å². The van der Waals surface area contributed by atoms with E-state index in [2.05, 4.69) is 61.3 Å². The Morgan fingerprint density at radius 2 is 1.88 bits per heavy atom. The molecule has 1 aromatic carbocycles. The molecule has 0 fully saturated rings. The second-order valence-electron chi connectivity index (χ2n) is 5.25. The third-order valence-electron chi connectivity index (χ3n) is 2.75. The molecule has 0 saturated heterocycles. The van der Waals surface area contributed by atoms with Gasteiger partial charge in [-0.05, 0) is 35.6 Å². The molecule has 0 aliphatic carbocycles. The van der Waals surface area contributed by atoms with Crippen LogP contribution in [0, 0.1) is 6.92 Å². The first kappa shape index (κ1) is 10.9. The smallest absolute Gasteiger partial charge is 0.0653 e. The Kier molecular flexibility index (Phi) is 2.58. The van der Waals surface area contributed by atoms with E-state index in [1.54, 1.807) is 0 Å². The predicted molar refractivity (Wildman–Crippen MR) is 67.5 cm³/mol. The van der Waals surface area contributed by atoms with E-state index in [1.165, 1.54) is 11.1 Å². The molecule has 16 heavy (non-hydrogen) atoms. The van der Waals surface area contributed by atoms with Crippen LogP contribution in [0.25, 0.3) is 11.3 Å². The first-order valence-corrected chi connectivity index (χ1v) is 5.60. The summed E-state index contributed by atoms with van der Waals surface area (Å²) in [5, 5.41) is 7.21. The monoisotopic (exact) mass is 214 g/mol. The first-order valence-electron chi connectivity index (χ1n) is 5.60. The lowest BCUT2D eigenvalue weighted by Crippen LogP contribution is -2.10. The Morgan fingerprint density at radius 1 is 1.12 bits per heavy atom. The molecule has 0 saturated carbocycles. The van der Waals surface area contributed by atoms with Crippen LogP contribution in [0.3, 0.4) is 0 Å². The molecule has 0 aliphatic heterocycles. The predicted octanol–water partition coefficient (Wildman–Crippen LogP) is 3.68. The maximum Gasteiger partial charge on any atom is 0.0653 e. The number of hydrogen-bond acceptors (Lipinski definition) is 1. The van der Waals surface area contributed by atoms with Crippen LogP contribution in [0.2, 0.25) is 0 Å². The van der Waals surface area contributed by atoms with Gasteiger partial charge in [-0.1, -0.05) is 39.0 Å². The van der Waals surface area contributed by atoms with Crippen molar-refractivity contribution in [2.45, 2.75) is 33.1 Å². The zero-order valence-corrected chi connectivity index (χ0v) is 10.3. The molecule has 1 aromatic heterocycles. The average Bonchev–Trinajstić information content (AvgIpc) is 2.64. The van der Waals surface area contributed by atoms with Crippen molar-refractivity contribution < 1.29 is 0 Å². The molecule has 0 radical (unpaired) electrons. The number of aryl methyl sites for hydroxylation is 1. The van der Waals surface area contributed by atoms with Crippen LogP contribution in [0.4, 0.5) is 0 Å². The Morgan fingerprint density at radius 3 is 2.44 bits per heavy atom. The fourth-order valence-electron chi connectivity index (χ4n) is 1.72. The molecule has 0 bridgehead atoms. The molecule has 0 amide bonds. The second-order valence-corrected chi connectivity index (χ2v) is 5.25. The van der Waals surface area contributed by atoms with Crippen molar-refractivity contribution in [3.8, 4) is 11.3 Å². The summed E-state index contributed by atoms with van der Waals surface area (Å²) in [7, 11) is 0. The number of nitrogens with zero attached hydrogens (tertiary/aromatic N) is 1. The number of nitrogens with one attached hydrogen (secondary N) is 1. The molecule has 0 aliphatic rings. The van der Waals surface area contributed by atoms with E-state index in [4.69, 9.17) is 0 Å². The summed E-state index contributed by atoms with van der Waals surface area (Å²) >= 11 is 0. The fourth-order valence-corrected chi connectivity index (χ4v) is 1.72. The zero-order chi connectivity index (χ0) is 11.8. The van der Waals surface area contributed by atoms with Crippen molar-refractivity contribution >= 4 is 0 Å². The molecule has 2 nitrogen and oxygen atoms in total. The molecule has 2 aromatic rings. The van der Waals surface area contributed by atoms with Crippen molar-refractivity contribution in [1.82, 2.24) is 10.2 Å². The molecule has 0 unspecified atom stereocenters. The third-order valence-corrected chi connectivity index (χ3v) is 2.75. The molecule has 0 spiro atoms. The Labute approximate surface area is 96.7 Å². The van der Waals surface area contributed by atoms with Gasteiger partial charge in [0.05, 0.1) is 11.4 Å². The molecule has 1 N–H and O–H groups in total. The van der Waals surface area contributed by atoms with Gasteiger partial charge in [0.25, 0.3) is 0 Å². The molecule has 84 valence electrons. The van der Waals surface area contributed by atoms with Crippen LogP contribution in [0.1, 0.15) is 32.0 Å². The number of rotatable bonds is 1. The number of aromatic amines is 1. The minimum atomic E-state index is 0.186. The fraction of sp³-hybridized carbons (Fsp3) is 0.357. The topological polar surface area (TPSA) is 28.7 Å². The summed E-state index contributed by atoms with van der Waals surface area (Å²) in [4.78, 5) is 0. The van der Waals surface area contributed by atoms with Crippen LogP contribution < -0.4 is 0 Å². The van der Waals surface area contributed by atoms with Crippen LogP contribution in [0.15, 0.2) is 30.3 Å². The van der Waals surface area contributed by atoms with Gasteiger partial charge in [-0.25, -0.2) is 0 Å². The highest BCUT2D eigenvalue weighted by molar-refractivity contribution is 5.60. The Balaban J connectivity index is 2.44. The number of aromatic nitrogens is 2. The van der Waals surface area contributed by atoms with E-state index in [9.17, 15) is 0 Å². The first-order chi connectivity index (χ1) is 7.47. The van der Waals surface area contributed by atoms with Crippen LogP contribution in [-0.4, -0.2) is 10.2 Å². The van der Waals surface area contributed by atoms with E-state index >= 15 is 0 Å². The molecule has 0 atom stereocenters. The largest absolute Gasteiger partial charge is 0.278 e. The molecular weight excluding hydrogens is 196 g/mol. The minimum Gasteiger partial charge on any atom is -0.278 e. The van der Waals surface area contributed by atoms with Crippen LogP contribution in [0.5, 0.6) is 0 Å². The normalized spacial score (nSPS) is 11.8. The van der Waals surface area contributed by atoms with Gasteiger partial charge in [-0.15, -0.1) is 0 Å². The highest BCUT2D eigenvalue weighted by Crippen LogP contribution is 2.26. The summed E-state index contributed by atoms with van der Waals surface area (Å²) in [5.74, 6) is 0. The van der Waals surface area contributed by atoms with E-state index in [0.717, 1.165) is 11.4 Å². The molecule has 2 heteroatoms. The SMILES string of the molecule is Cc1cc(-c2cccc(C(C)(C)C)c2)[nH]n1. The van der Waals surface area contributed by atoms with E-state index in [1.807, 2.05) is 6.92 Å². The summed E-state index contributed by atoms with van der Waals surface area (Å²) in [6.07, 6.45) is 0. The van der Waals surface area contributed by atoms with Crippen molar-refractivity contribution in [3.63, 3.8) is 0 Å². The van der Waals surface area contributed by atoms with Gasteiger partial charge in [-0.2, -0.15) is 5.10 Å². The lowest BCUT2D eigenvalue weighted by atomic mass is 9.86. The Bertz CT molecular complexity index is 489. The Hall–Kier alpha value is -1.57. The maximum atomic E-state index is 4.16. The lowest BCUT2D eigenvalue weighted by Gasteiger charge is -2.19. The van der Waals surface area contributed by atoms with Gasteiger partial charge in [0.15, 0.2) is 0 Å². The van der Waals surface area contributed by atoms with Gasteiger partial charge in [0, 0.05) is 0 Å². The highest BCUT2D eigenvalue weighted by atomic mass is 15.1. The number of hydrogen-bond donors (Lipinski definition) is 1.